The lowest BCUT2D eigenvalue weighted by Crippen LogP contribution is -2.46. The number of hydrogen-bond acceptors (Lipinski definition) is 14. The van der Waals surface area contributed by atoms with Crippen LogP contribution in [0, 0.1) is 20.8 Å². The summed E-state index contributed by atoms with van der Waals surface area (Å²) in [5.74, 6) is 4.61. The van der Waals surface area contributed by atoms with Crippen LogP contribution in [-0.2, 0) is 11.3 Å². The van der Waals surface area contributed by atoms with Crippen LogP contribution in [0.2, 0.25) is 5.02 Å². The smallest absolute Gasteiger partial charge is 0.213 e. The molecule has 0 saturated carbocycles. The summed E-state index contributed by atoms with van der Waals surface area (Å²) in [5.41, 5.74) is 9.04. The van der Waals surface area contributed by atoms with Gasteiger partial charge in [0.05, 0.1) is 23.9 Å². The largest absolute Gasteiger partial charge is 0.491 e. The first-order chi connectivity index (χ1) is 32.8. The number of halogens is 1. The van der Waals surface area contributed by atoms with Crippen molar-refractivity contribution < 1.29 is 9.47 Å². The molecule has 0 atom stereocenters. The molecule has 4 aromatic carbocycles. The van der Waals surface area contributed by atoms with Gasteiger partial charge in [-0.2, -0.15) is 0 Å². The highest BCUT2D eigenvalue weighted by molar-refractivity contribution is 6.33. The number of nitrogens with zero attached hydrogens (tertiary/aromatic N) is 10. The summed E-state index contributed by atoms with van der Waals surface area (Å²) in [7, 11) is 0. The first-order valence-corrected chi connectivity index (χ1v) is 22.7. The predicted octanol–water partition coefficient (Wildman–Crippen LogP) is 9.93. The quantitative estimate of drug-likeness (QED) is 0.0602. The van der Waals surface area contributed by atoms with Crippen LogP contribution < -0.4 is 30.9 Å². The van der Waals surface area contributed by atoms with Crippen molar-refractivity contribution in [3.8, 4) is 17.4 Å². The molecular formula is C50H53ClN14O2. The van der Waals surface area contributed by atoms with E-state index in [0.717, 1.165) is 83.5 Å². The van der Waals surface area contributed by atoms with Gasteiger partial charge >= 0.3 is 0 Å². The molecule has 1 aliphatic heterocycles. The molecular weight excluding hydrogens is 864 g/mol. The molecule has 67 heavy (non-hydrogen) atoms. The zero-order chi connectivity index (χ0) is 46.1. The van der Waals surface area contributed by atoms with Crippen molar-refractivity contribution in [3.05, 3.63) is 156 Å². The van der Waals surface area contributed by atoms with Gasteiger partial charge in [-0.3, -0.25) is 9.13 Å². The summed E-state index contributed by atoms with van der Waals surface area (Å²) < 4.78 is 15.8. The SMILES string of the molecule is CCN1CCN(c2ccc(Nc3cc(-n4ccnc4Nc4c(C)cc(COCCOc5ccc(Nc6cc(-n7ccnc7Nc7c(C)cccc7Cl)ncn6)cc5)cc4C)ncn3)cc2)CC1. The number of nitrogens with one attached hydrogen (secondary N) is 4. The standard InChI is InChI=1S/C50H53ClN14O2/c1-5-62-21-23-63(24-22-62)40-13-9-38(10-14-40)58-43-29-45(56-32-54-43)64-19-17-52-49(64)60-47-35(3)27-37(28-36(47)4)31-66-25-26-67-41-15-11-39(12-16-41)59-44-30-46(57-33-55-44)65-20-18-53-50(65)61-48-34(2)7-6-8-42(48)51/h6-20,27-30,32-33H,5,21-26,31H2,1-4H3,(H,52,60)(H,53,61)(H,54,56,58)(H,55,57,59). The Kier molecular flexibility index (Phi) is 13.8. The van der Waals surface area contributed by atoms with Gasteiger partial charge in [0.2, 0.25) is 11.9 Å². The van der Waals surface area contributed by atoms with E-state index in [9.17, 15) is 0 Å². The Hall–Kier alpha value is -7.53. The van der Waals surface area contributed by atoms with Gasteiger partial charge in [-0.25, -0.2) is 29.9 Å². The molecule has 9 rings (SSSR count). The van der Waals surface area contributed by atoms with Crippen LogP contribution in [0.25, 0.3) is 11.6 Å². The van der Waals surface area contributed by atoms with Crippen molar-refractivity contribution >= 4 is 63.6 Å². The minimum Gasteiger partial charge on any atom is -0.491 e. The van der Waals surface area contributed by atoms with E-state index in [1.54, 1.807) is 18.7 Å². The van der Waals surface area contributed by atoms with Crippen LogP contribution >= 0.6 is 11.6 Å². The molecule has 0 unspecified atom stereocenters. The van der Waals surface area contributed by atoms with Gasteiger partial charge in [0.25, 0.3) is 0 Å². The molecule has 1 aliphatic rings. The van der Waals surface area contributed by atoms with E-state index in [1.807, 2.05) is 83.0 Å². The van der Waals surface area contributed by atoms with Gasteiger partial charge in [-0.15, -0.1) is 0 Å². The van der Waals surface area contributed by atoms with Crippen molar-refractivity contribution in [3.63, 3.8) is 0 Å². The van der Waals surface area contributed by atoms with Gasteiger partial charge in [0, 0.05) is 85.8 Å². The third-order valence-electron chi connectivity index (χ3n) is 11.6. The number of hydrogen-bond donors (Lipinski definition) is 4. The highest BCUT2D eigenvalue weighted by Gasteiger charge is 2.17. The van der Waals surface area contributed by atoms with Gasteiger partial charge in [0.1, 0.15) is 48.3 Å². The van der Waals surface area contributed by atoms with Crippen molar-refractivity contribution in [1.82, 2.24) is 43.9 Å². The number of likely N-dealkylation sites (N-methyl/N-ethyl adjacent to an activating group) is 1. The Labute approximate surface area is 395 Å². The number of aromatic nitrogens is 8. The zero-order valence-electron chi connectivity index (χ0n) is 37.9. The highest BCUT2D eigenvalue weighted by atomic mass is 35.5. The van der Waals surface area contributed by atoms with Crippen LogP contribution in [0.5, 0.6) is 5.75 Å². The Bertz CT molecular complexity index is 2870. The fourth-order valence-electron chi connectivity index (χ4n) is 8.02. The van der Waals surface area contributed by atoms with E-state index in [-0.39, 0.29) is 0 Å². The second kappa shape index (κ2) is 20.8. The minimum absolute atomic E-state index is 0.404. The molecule has 342 valence electrons. The molecule has 4 aromatic heterocycles. The number of piperazine rings is 1. The molecule has 0 spiro atoms. The van der Waals surface area contributed by atoms with Crippen molar-refractivity contribution in [2.24, 2.45) is 0 Å². The van der Waals surface area contributed by atoms with E-state index >= 15 is 0 Å². The minimum atomic E-state index is 0.404. The monoisotopic (exact) mass is 916 g/mol. The Balaban J connectivity index is 0.739. The van der Waals surface area contributed by atoms with Crippen molar-refractivity contribution in [1.29, 1.82) is 0 Å². The summed E-state index contributed by atoms with van der Waals surface area (Å²) in [6.45, 7) is 15.0. The molecule has 17 heteroatoms. The topological polar surface area (TPSA) is 160 Å². The normalized spacial score (nSPS) is 12.8. The lowest BCUT2D eigenvalue weighted by molar-refractivity contribution is 0.0889. The number of ether oxygens (including phenoxy) is 2. The average molecular weight is 918 g/mol. The number of aryl methyl sites for hydroxylation is 3. The molecule has 0 amide bonds. The molecule has 16 nitrogen and oxygen atoms in total. The summed E-state index contributed by atoms with van der Waals surface area (Å²) in [6, 6.07) is 30.0. The van der Waals surface area contributed by atoms with Crippen molar-refractivity contribution in [2.75, 3.05) is 72.1 Å². The van der Waals surface area contributed by atoms with Gasteiger partial charge in [-0.1, -0.05) is 42.8 Å². The summed E-state index contributed by atoms with van der Waals surface area (Å²) in [5, 5.41) is 14.3. The van der Waals surface area contributed by atoms with Gasteiger partial charge < -0.3 is 40.5 Å². The molecule has 0 radical (unpaired) electrons. The zero-order valence-corrected chi connectivity index (χ0v) is 38.7. The second-order valence-electron chi connectivity index (χ2n) is 16.2. The van der Waals surface area contributed by atoms with E-state index in [2.05, 4.69) is 118 Å². The van der Waals surface area contributed by atoms with Gasteiger partial charge in [-0.05, 0) is 104 Å². The molecule has 8 aromatic rings. The molecule has 0 bridgehead atoms. The molecule has 1 fully saturated rings. The first kappa shape index (κ1) is 44.7. The maximum absolute atomic E-state index is 6.46. The second-order valence-corrected chi connectivity index (χ2v) is 16.6. The fraction of sp³-hybridized carbons (Fsp3) is 0.240. The van der Waals surface area contributed by atoms with E-state index in [4.69, 9.17) is 21.1 Å². The molecule has 5 heterocycles. The van der Waals surface area contributed by atoms with Crippen LogP contribution in [0.1, 0.15) is 29.2 Å². The lowest BCUT2D eigenvalue weighted by Gasteiger charge is -2.35. The predicted molar refractivity (Wildman–Crippen MR) is 266 cm³/mol. The number of rotatable bonds is 18. The summed E-state index contributed by atoms with van der Waals surface area (Å²) >= 11 is 6.46. The first-order valence-electron chi connectivity index (χ1n) is 22.3. The molecule has 4 N–H and O–H groups in total. The fourth-order valence-corrected chi connectivity index (χ4v) is 8.29. The molecule has 1 saturated heterocycles. The van der Waals surface area contributed by atoms with E-state index in [1.165, 1.54) is 12.0 Å². The Morgan fingerprint density at radius 3 is 1.76 bits per heavy atom. The molecule has 0 aliphatic carbocycles. The number of imidazole rings is 2. The van der Waals surface area contributed by atoms with Crippen LogP contribution in [0.4, 0.5) is 52.0 Å². The maximum atomic E-state index is 6.46. The van der Waals surface area contributed by atoms with Crippen LogP contribution in [-0.4, -0.2) is 89.9 Å². The average Bonchev–Trinajstić information content (AvgIpc) is 4.02. The van der Waals surface area contributed by atoms with Crippen LogP contribution in [0.15, 0.2) is 128 Å². The number of para-hydroxylation sites is 1. The third kappa shape index (κ3) is 11.0. The van der Waals surface area contributed by atoms with Gasteiger partial charge in [0.15, 0.2) is 0 Å². The lowest BCUT2D eigenvalue weighted by atomic mass is 10.0. The van der Waals surface area contributed by atoms with E-state index < -0.39 is 0 Å². The number of benzene rings is 4. The van der Waals surface area contributed by atoms with Crippen molar-refractivity contribution in [2.45, 2.75) is 34.3 Å². The summed E-state index contributed by atoms with van der Waals surface area (Å²) in [4.78, 5) is 32.0. The Morgan fingerprint density at radius 2 is 1.18 bits per heavy atom. The summed E-state index contributed by atoms with van der Waals surface area (Å²) in [6.07, 6.45) is 10.3. The number of anilines is 9. The van der Waals surface area contributed by atoms with Crippen LogP contribution in [0.3, 0.4) is 0 Å². The maximum Gasteiger partial charge on any atom is 0.213 e. The van der Waals surface area contributed by atoms with E-state index in [0.29, 0.717) is 60.0 Å². The highest BCUT2D eigenvalue weighted by Crippen LogP contribution is 2.31. The third-order valence-corrected chi connectivity index (χ3v) is 11.9. The Morgan fingerprint density at radius 1 is 0.597 bits per heavy atom.